The molecule has 1 heterocycles. The van der Waals surface area contributed by atoms with Gasteiger partial charge < -0.3 is 10.1 Å². The molecule has 0 saturated heterocycles. The lowest BCUT2D eigenvalue weighted by atomic mass is 9.76. The van der Waals surface area contributed by atoms with E-state index in [-0.39, 0.29) is 23.8 Å². The van der Waals surface area contributed by atoms with Crippen LogP contribution < -0.4 is 10.1 Å². The number of nitrogens with zero attached hydrogens (tertiary/aromatic N) is 1. The third-order valence-corrected chi connectivity index (χ3v) is 5.97. The van der Waals surface area contributed by atoms with E-state index in [1.165, 1.54) is 16.7 Å². The molecule has 164 valence electrons. The zero-order valence-electron chi connectivity index (χ0n) is 19.3. The number of carbonyl (C=O) groups is 1. The highest BCUT2D eigenvalue weighted by Gasteiger charge is 2.32. The Hall–Kier alpha value is -2.36. The minimum atomic E-state index is 0.112. The smallest absolute Gasteiger partial charge is 0.223 e. The average molecular weight is 411 g/mol. The molecule has 2 aromatic rings. The molecule has 0 aliphatic heterocycles. The van der Waals surface area contributed by atoms with Crippen LogP contribution in [-0.2, 0) is 17.6 Å². The van der Waals surface area contributed by atoms with Crippen LogP contribution >= 0.6 is 0 Å². The molecular weight excluding hydrogens is 372 g/mol. The summed E-state index contributed by atoms with van der Waals surface area (Å²) >= 11 is 0. The fourth-order valence-corrected chi connectivity index (χ4v) is 4.38. The highest BCUT2D eigenvalue weighted by Crippen LogP contribution is 2.36. The van der Waals surface area contributed by atoms with Crippen LogP contribution in [0.15, 0.2) is 42.7 Å². The van der Waals surface area contributed by atoms with E-state index in [9.17, 15) is 4.79 Å². The summed E-state index contributed by atoms with van der Waals surface area (Å²) in [5.74, 6) is 1.47. The van der Waals surface area contributed by atoms with Crippen molar-refractivity contribution in [1.82, 2.24) is 10.3 Å². The number of pyridine rings is 1. The summed E-state index contributed by atoms with van der Waals surface area (Å²) < 4.78 is 5.42. The highest BCUT2D eigenvalue weighted by atomic mass is 16.5. The summed E-state index contributed by atoms with van der Waals surface area (Å²) in [6, 6.07) is 10.6. The van der Waals surface area contributed by atoms with Crippen LogP contribution in [0.4, 0.5) is 0 Å². The lowest BCUT2D eigenvalue weighted by molar-refractivity contribution is -0.126. The summed E-state index contributed by atoms with van der Waals surface area (Å²) in [7, 11) is 1.71. The van der Waals surface area contributed by atoms with Crippen LogP contribution in [0, 0.1) is 5.92 Å². The molecule has 0 fully saturated rings. The minimum Gasteiger partial charge on any atom is -0.497 e. The molecule has 0 radical (unpaired) electrons. The average Bonchev–Trinajstić information content (AvgIpc) is 2.80. The summed E-state index contributed by atoms with van der Waals surface area (Å²) in [4.78, 5) is 17.2. The molecule has 4 nitrogen and oxygen atoms in total. The maximum atomic E-state index is 12.9. The molecule has 3 rings (SSSR count). The summed E-state index contributed by atoms with van der Waals surface area (Å²) in [5.41, 5.74) is 3.86. The molecule has 0 bridgehead atoms. The number of fused-ring (bicyclic) bond motifs is 1. The van der Waals surface area contributed by atoms with Crippen LogP contribution in [0.2, 0.25) is 0 Å². The number of nitrogens with one attached hydrogen (secondary N) is 1. The number of rotatable bonds is 8. The minimum absolute atomic E-state index is 0.112. The van der Waals surface area contributed by atoms with E-state index in [0.29, 0.717) is 0 Å². The van der Waals surface area contributed by atoms with E-state index in [1.807, 2.05) is 32.2 Å². The Balaban J connectivity index is 0.00000155. The zero-order valence-corrected chi connectivity index (χ0v) is 19.3. The summed E-state index contributed by atoms with van der Waals surface area (Å²) in [6.45, 7) is 8.25. The van der Waals surface area contributed by atoms with Gasteiger partial charge in [-0.15, -0.1) is 0 Å². The van der Waals surface area contributed by atoms with Gasteiger partial charge in [0, 0.05) is 30.3 Å². The van der Waals surface area contributed by atoms with Crippen LogP contribution in [0.1, 0.15) is 76.0 Å². The molecule has 30 heavy (non-hydrogen) atoms. The molecule has 0 saturated carbocycles. The number of ether oxygens (including phenoxy) is 1. The normalized spacial score (nSPS) is 18.4. The van der Waals surface area contributed by atoms with E-state index in [4.69, 9.17) is 4.74 Å². The van der Waals surface area contributed by atoms with Crippen molar-refractivity contribution in [2.75, 3.05) is 7.11 Å². The maximum absolute atomic E-state index is 12.9. The van der Waals surface area contributed by atoms with Gasteiger partial charge >= 0.3 is 0 Å². The van der Waals surface area contributed by atoms with Gasteiger partial charge in [0.05, 0.1) is 7.11 Å². The predicted molar refractivity (Wildman–Crippen MR) is 124 cm³/mol. The lowest BCUT2D eigenvalue weighted by Crippen LogP contribution is -2.45. The van der Waals surface area contributed by atoms with E-state index in [0.717, 1.165) is 44.3 Å². The first-order chi connectivity index (χ1) is 14.7. The number of hydrogen-bond acceptors (Lipinski definition) is 3. The van der Waals surface area contributed by atoms with Crippen molar-refractivity contribution in [1.29, 1.82) is 0 Å². The fourth-order valence-electron chi connectivity index (χ4n) is 4.38. The first-order valence-electron chi connectivity index (χ1n) is 11.5. The summed E-state index contributed by atoms with van der Waals surface area (Å²) in [5, 5.41) is 3.40. The number of amides is 1. The standard InChI is InChI=1S/C24H32N2O2.C2H6/c1-4-7-18(5-2)24(27)26-23-12-9-19-15-20(28-3)10-11-21(19)22(23)14-17-8-6-13-25-16-17;1-2/h6,8,10-11,13,15-16,18,22-23H,4-5,7,9,12,14H2,1-3H3,(H,26,27);1-2H3. The molecule has 1 aliphatic rings. The van der Waals surface area contributed by atoms with Crippen molar-refractivity contribution in [2.45, 2.75) is 78.2 Å². The Morgan fingerprint density at radius 1 is 1.27 bits per heavy atom. The highest BCUT2D eigenvalue weighted by molar-refractivity contribution is 5.79. The number of aryl methyl sites for hydroxylation is 1. The third kappa shape index (κ3) is 6.07. The predicted octanol–water partition coefficient (Wildman–Crippen LogP) is 5.70. The van der Waals surface area contributed by atoms with Gasteiger partial charge in [-0.05, 0) is 67.0 Å². The van der Waals surface area contributed by atoms with E-state index < -0.39 is 0 Å². The number of benzene rings is 1. The fraction of sp³-hybridized carbons (Fsp3) is 0.538. The van der Waals surface area contributed by atoms with Crippen molar-refractivity contribution >= 4 is 5.91 Å². The largest absolute Gasteiger partial charge is 0.497 e. The van der Waals surface area contributed by atoms with Crippen LogP contribution in [0.3, 0.4) is 0 Å². The Morgan fingerprint density at radius 2 is 2.07 bits per heavy atom. The van der Waals surface area contributed by atoms with Crippen molar-refractivity contribution in [3.8, 4) is 5.75 Å². The van der Waals surface area contributed by atoms with Crippen molar-refractivity contribution < 1.29 is 9.53 Å². The van der Waals surface area contributed by atoms with Gasteiger partial charge in [0.1, 0.15) is 5.75 Å². The molecule has 0 spiro atoms. The number of methoxy groups -OCH3 is 1. The summed E-state index contributed by atoms with van der Waals surface area (Å²) in [6.07, 6.45) is 9.43. The first-order valence-corrected chi connectivity index (χ1v) is 11.5. The molecule has 3 unspecified atom stereocenters. The molecule has 1 aromatic heterocycles. The van der Waals surface area contributed by atoms with Gasteiger partial charge in [-0.25, -0.2) is 0 Å². The molecule has 1 aromatic carbocycles. The Kier molecular flexibility index (Phi) is 9.85. The van der Waals surface area contributed by atoms with Crippen LogP contribution in [0.5, 0.6) is 5.75 Å². The first kappa shape index (κ1) is 23.9. The molecule has 3 atom stereocenters. The quantitative estimate of drug-likeness (QED) is 0.607. The second-order valence-electron chi connectivity index (χ2n) is 7.78. The maximum Gasteiger partial charge on any atom is 0.223 e. The van der Waals surface area contributed by atoms with Gasteiger partial charge in [0.25, 0.3) is 0 Å². The Bertz CT molecular complexity index is 776. The molecule has 1 amide bonds. The van der Waals surface area contributed by atoms with Gasteiger partial charge in [-0.1, -0.05) is 46.2 Å². The van der Waals surface area contributed by atoms with Crippen LogP contribution in [0.25, 0.3) is 0 Å². The SMILES string of the molecule is CC.CCCC(CC)C(=O)NC1CCc2cc(OC)ccc2C1Cc1cccnc1. The second-order valence-corrected chi connectivity index (χ2v) is 7.78. The molecular formula is C26H38N2O2. The number of aromatic nitrogens is 1. The molecule has 1 aliphatic carbocycles. The number of carbonyl (C=O) groups excluding carboxylic acids is 1. The zero-order chi connectivity index (χ0) is 21.9. The molecule has 1 N–H and O–H groups in total. The Morgan fingerprint density at radius 3 is 2.70 bits per heavy atom. The van der Waals surface area contributed by atoms with E-state index in [2.05, 4.69) is 42.3 Å². The van der Waals surface area contributed by atoms with Gasteiger partial charge in [0.15, 0.2) is 0 Å². The van der Waals surface area contributed by atoms with Gasteiger partial charge in [-0.3, -0.25) is 9.78 Å². The second kappa shape index (κ2) is 12.4. The van der Waals surface area contributed by atoms with Crippen molar-refractivity contribution in [2.24, 2.45) is 5.92 Å². The van der Waals surface area contributed by atoms with E-state index >= 15 is 0 Å². The van der Waals surface area contributed by atoms with Crippen molar-refractivity contribution in [3.05, 3.63) is 59.4 Å². The topological polar surface area (TPSA) is 51.2 Å². The third-order valence-electron chi connectivity index (χ3n) is 5.97. The number of hydrogen-bond donors (Lipinski definition) is 1. The lowest BCUT2D eigenvalue weighted by Gasteiger charge is -2.35. The van der Waals surface area contributed by atoms with Crippen molar-refractivity contribution in [3.63, 3.8) is 0 Å². The van der Waals surface area contributed by atoms with Crippen LogP contribution in [-0.4, -0.2) is 24.0 Å². The monoisotopic (exact) mass is 410 g/mol. The van der Waals surface area contributed by atoms with Gasteiger partial charge in [-0.2, -0.15) is 0 Å². The van der Waals surface area contributed by atoms with Gasteiger partial charge in [0.2, 0.25) is 5.91 Å². The molecule has 4 heteroatoms. The van der Waals surface area contributed by atoms with E-state index in [1.54, 1.807) is 13.3 Å². The Labute approximate surface area is 182 Å².